The Bertz CT molecular complexity index is 848. The first-order valence-corrected chi connectivity index (χ1v) is 10.4. The summed E-state index contributed by atoms with van der Waals surface area (Å²) in [5.41, 5.74) is 1.69. The molecule has 0 atom stereocenters. The van der Waals surface area contributed by atoms with Gasteiger partial charge in [-0.15, -0.1) is 0 Å². The smallest absolute Gasteiger partial charge is 0.264 e. The predicted molar refractivity (Wildman–Crippen MR) is 101 cm³/mol. The van der Waals surface area contributed by atoms with E-state index in [2.05, 4.69) is 5.16 Å². The van der Waals surface area contributed by atoms with E-state index >= 15 is 0 Å². The molecule has 2 saturated carbocycles. The van der Waals surface area contributed by atoms with Crippen molar-refractivity contribution in [3.8, 4) is 11.3 Å². The van der Waals surface area contributed by atoms with Crippen LogP contribution in [0.25, 0.3) is 11.3 Å². The molecule has 2 aliphatic carbocycles. The Hall–Kier alpha value is -1.83. The lowest BCUT2D eigenvalue weighted by atomic mass is 9.91. The molecule has 0 amide bonds. The highest BCUT2D eigenvalue weighted by atomic mass is 19.3. The van der Waals surface area contributed by atoms with Crippen LogP contribution >= 0.6 is 0 Å². The van der Waals surface area contributed by atoms with Gasteiger partial charge in [0, 0.05) is 35.4 Å². The SMILES string of the molecule is FC(F)c1ccccc1-c1noc(C2CC2)c1COC1CCC2(CC1)OCCO2. The minimum atomic E-state index is -2.57. The third kappa shape index (κ3) is 3.83. The Labute approximate surface area is 168 Å². The molecule has 1 aromatic carbocycles. The summed E-state index contributed by atoms with van der Waals surface area (Å²) in [5.74, 6) is 0.694. The van der Waals surface area contributed by atoms with E-state index in [0.29, 0.717) is 37.0 Å². The topological polar surface area (TPSA) is 53.7 Å². The summed E-state index contributed by atoms with van der Waals surface area (Å²) in [6.07, 6.45) is 2.95. The molecule has 1 saturated heterocycles. The van der Waals surface area contributed by atoms with Crippen LogP contribution in [-0.4, -0.2) is 30.3 Å². The second kappa shape index (κ2) is 7.78. The second-order valence-electron chi connectivity index (χ2n) is 8.15. The van der Waals surface area contributed by atoms with Crippen LogP contribution in [0.2, 0.25) is 0 Å². The molecule has 2 aromatic rings. The molecule has 29 heavy (non-hydrogen) atoms. The monoisotopic (exact) mass is 405 g/mol. The van der Waals surface area contributed by atoms with Gasteiger partial charge in [-0.05, 0) is 25.7 Å². The zero-order valence-corrected chi connectivity index (χ0v) is 16.2. The number of ether oxygens (including phenoxy) is 3. The summed E-state index contributed by atoms with van der Waals surface area (Å²) in [6.45, 7) is 1.63. The molecule has 3 fully saturated rings. The highest BCUT2D eigenvalue weighted by Gasteiger charge is 2.41. The Morgan fingerprint density at radius 3 is 2.48 bits per heavy atom. The van der Waals surface area contributed by atoms with Crippen LogP contribution in [0.3, 0.4) is 0 Å². The fraction of sp³-hybridized carbons (Fsp3) is 0.591. The standard InChI is InChI=1S/C22H25F2NO4/c23-21(24)17-4-2-1-3-16(17)19-18(20(29-25-19)14-5-6-14)13-26-15-7-9-22(10-8-15)27-11-12-28-22/h1-4,14-15,21H,5-13H2. The molecule has 0 radical (unpaired) electrons. The van der Waals surface area contributed by atoms with Crippen molar-refractivity contribution in [2.45, 2.75) is 69.4 Å². The average molecular weight is 405 g/mol. The molecule has 0 bridgehead atoms. The van der Waals surface area contributed by atoms with Gasteiger partial charge in [-0.1, -0.05) is 29.4 Å². The van der Waals surface area contributed by atoms with Crippen LogP contribution in [-0.2, 0) is 20.8 Å². The summed E-state index contributed by atoms with van der Waals surface area (Å²) in [6, 6.07) is 6.49. The molecule has 7 heteroatoms. The summed E-state index contributed by atoms with van der Waals surface area (Å²) in [7, 11) is 0. The van der Waals surface area contributed by atoms with Gasteiger partial charge in [0.25, 0.3) is 6.43 Å². The summed E-state index contributed by atoms with van der Waals surface area (Å²) in [5, 5.41) is 4.18. The predicted octanol–water partition coefficient (Wildman–Crippen LogP) is 5.36. The number of nitrogens with zero attached hydrogens (tertiary/aromatic N) is 1. The lowest BCUT2D eigenvalue weighted by Crippen LogP contribution is -2.37. The fourth-order valence-corrected chi connectivity index (χ4v) is 4.43. The van der Waals surface area contributed by atoms with Gasteiger partial charge in [0.2, 0.25) is 0 Å². The molecular weight excluding hydrogens is 380 g/mol. The maximum absolute atomic E-state index is 13.5. The second-order valence-corrected chi connectivity index (χ2v) is 8.15. The van der Waals surface area contributed by atoms with Gasteiger partial charge in [0.15, 0.2) is 5.79 Å². The molecule has 0 unspecified atom stereocenters. The molecule has 5 nitrogen and oxygen atoms in total. The van der Waals surface area contributed by atoms with Crippen molar-refractivity contribution >= 4 is 0 Å². The molecule has 0 N–H and O–H groups in total. The van der Waals surface area contributed by atoms with Gasteiger partial charge in [-0.3, -0.25) is 0 Å². The zero-order chi connectivity index (χ0) is 19.8. The summed E-state index contributed by atoms with van der Waals surface area (Å²) < 4.78 is 50.4. The number of benzene rings is 1. The van der Waals surface area contributed by atoms with Crippen LogP contribution in [0.5, 0.6) is 0 Å². The Balaban J connectivity index is 1.34. The van der Waals surface area contributed by atoms with Crippen molar-refractivity contribution in [3.05, 3.63) is 41.2 Å². The van der Waals surface area contributed by atoms with Crippen LogP contribution in [0.4, 0.5) is 8.78 Å². The van der Waals surface area contributed by atoms with E-state index in [1.54, 1.807) is 18.2 Å². The lowest BCUT2D eigenvalue weighted by molar-refractivity contribution is -0.192. The quantitative estimate of drug-likeness (QED) is 0.648. The molecule has 1 spiro atoms. The fourth-order valence-electron chi connectivity index (χ4n) is 4.43. The van der Waals surface area contributed by atoms with Gasteiger partial charge in [-0.2, -0.15) is 0 Å². The minimum Gasteiger partial charge on any atom is -0.373 e. The third-order valence-electron chi connectivity index (χ3n) is 6.19. The van der Waals surface area contributed by atoms with E-state index in [0.717, 1.165) is 49.8 Å². The molecule has 3 aliphatic rings. The first-order chi connectivity index (χ1) is 14.2. The van der Waals surface area contributed by atoms with E-state index in [4.69, 9.17) is 18.7 Å². The van der Waals surface area contributed by atoms with Crippen molar-refractivity contribution in [3.63, 3.8) is 0 Å². The number of halogens is 2. The maximum atomic E-state index is 13.5. The number of hydrogen-bond acceptors (Lipinski definition) is 5. The largest absolute Gasteiger partial charge is 0.373 e. The van der Waals surface area contributed by atoms with Crippen LogP contribution in [0, 0.1) is 0 Å². The van der Waals surface area contributed by atoms with Crippen molar-refractivity contribution in [2.75, 3.05) is 13.2 Å². The lowest BCUT2D eigenvalue weighted by Gasteiger charge is -2.35. The van der Waals surface area contributed by atoms with Gasteiger partial charge in [0.05, 0.1) is 25.9 Å². The van der Waals surface area contributed by atoms with Crippen LogP contribution in [0.1, 0.15) is 67.8 Å². The summed E-state index contributed by atoms with van der Waals surface area (Å²) >= 11 is 0. The number of rotatable bonds is 6. The number of hydrogen-bond donors (Lipinski definition) is 0. The van der Waals surface area contributed by atoms with Crippen molar-refractivity contribution in [2.24, 2.45) is 0 Å². The van der Waals surface area contributed by atoms with E-state index < -0.39 is 12.2 Å². The van der Waals surface area contributed by atoms with Crippen LogP contribution < -0.4 is 0 Å². The first-order valence-electron chi connectivity index (χ1n) is 10.4. The van der Waals surface area contributed by atoms with Crippen LogP contribution in [0.15, 0.2) is 28.8 Å². The van der Waals surface area contributed by atoms with Gasteiger partial charge >= 0.3 is 0 Å². The minimum absolute atomic E-state index is 0.0282. The molecule has 1 aliphatic heterocycles. The van der Waals surface area contributed by atoms with Gasteiger partial charge < -0.3 is 18.7 Å². The Morgan fingerprint density at radius 1 is 1.07 bits per heavy atom. The zero-order valence-electron chi connectivity index (χ0n) is 16.2. The van der Waals surface area contributed by atoms with Gasteiger partial charge in [-0.25, -0.2) is 8.78 Å². The summed E-state index contributed by atoms with van der Waals surface area (Å²) in [4.78, 5) is 0. The first kappa shape index (κ1) is 19.2. The van der Waals surface area contributed by atoms with Crippen molar-refractivity contribution < 1.29 is 27.5 Å². The maximum Gasteiger partial charge on any atom is 0.264 e. The van der Waals surface area contributed by atoms with Gasteiger partial charge in [0.1, 0.15) is 11.5 Å². The van der Waals surface area contributed by atoms with E-state index in [1.165, 1.54) is 6.07 Å². The van der Waals surface area contributed by atoms with Crippen molar-refractivity contribution in [1.29, 1.82) is 0 Å². The normalized spacial score (nSPS) is 22.0. The number of alkyl halides is 2. The van der Waals surface area contributed by atoms with E-state index in [9.17, 15) is 8.78 Å². The highest BCUT2D eigenvalue weighted by Crippen LogP contribution is 2.45. The Morgan fingerprint density at radius 2 is 1.79 bits per heavy atom. The molecular formula is C22H25F2NO4. The Kier molecular flexibility index (Phi) is 5.14. The molecule has 156 valence electrons. The van der Waals surface area contributed by atoms with E-state index in [1.807, 2.05) is 0 Å². The third-order valence-corrected chi connectivity index (χ3v) is 6.19. The molecule has 1 aromatic heterocycles. The molecule has 5 rings (SSSR count). The van der Waals surface area contributed by atoms with E-state index in [-0.39, 0.29) is 11.7 Å². The highest BCUT2D eigenvalue weighted by molar-refractivity contribution is 5.68. The number of aromatic nitrogens is 1. The molecule has 2 heterocycles. The average Bonchev–Trinajstić information content (AvgIpc) is 3.34. The van der Waals surface area contributed by atoms with Crippen molar-refractivity contribution in [1.82, 2.24) is 5.16 Å².